The van der Waals surface area contributed by atoms with Crippen LogP contribution in [-0.2, 0) is 24.5 Å². The maximum Gasteiger partial charge on any atom is 0.339 e. The van der Waals surface area contributed by atoms with Gasteiger partial charge in [0, 0.05) is 34.6 Å². The van der Waals surface area contributed by atoms with E-state index < -0.39 is 17.3 Å². The first-order chi connectivity index (χ1) is 16.5. The van der Waals surface area contributed by atoms with E-state index in [1.54, 1.807) is 29.2 Å². The number of hydrogen-bond acceptors (Lipinski definition) is 6. The molecule has 7 nitrogen and oxygen atoms in total. The van der Waals surface area contributed by atoms with Gasteiger partial charge in [0.05, 0.1) is 7.11 Å². The van der Waals surface area contributed by atoms with Crippen molar-refractivity contribution in [3.05, 3.63) is 81.8 Å². The van der Waals surface area contributed by atoms with Crippen LogP contribution in [0.2, 0.25) is 0 Å². The van der Waals surface area contributed by atoms with Crippen molar-refractivity contribution >= 4 is 29.0 Å². The summed E-state index contributed by atoms with van der Waals surface area (Å²) in [6, 6.07) is 13.1. The second kappa shape index (κ2) is 7.57. The predicted octanol–water partition coefficient (Wildman–Crippen LogP) is 4.00. The largest absolute Gasteiger partial charge is 0.466 e. The van der Waals surface area contributed by atoms with Gasteiger partial charge in [-0.05, 0) is 55.0 Å². The Morgan fingerprint density at radius 3 is 2.37 bits per heavy atom. The summed E-state index contributed by atoms with van der Waals surface area (Å²) in [5, 5.41) is 2.89. The number of hydrogen-bond donors (Lipinski definition) is 2. The SMILES string of the molecule is COC(=O)C1=C(N)N(c2cc(C)cc(C)c2)C2=C(C(=O)CC(C)(C)C2)C12C(=O)Nc1ccccc12. The molecule has 2 aromatic carbocycles. The summed E-state index contributed by atoms with van der Waals surface area (Å²) in [5.74, 6) is -1.29. The molecule has 35 heavy (non-hydrogen) atoms. The van der Waals surface area contributed by atoms with E-state index in [9.17, 15) is 14.4 Å². The molecule has 1 amide bonds. The number of allylic oxidation sites excluding steroid dienone is 1. The van der Waals surface area contributed by atoms with E-state index in [1.807, 2.05) is 45.9 Å². The van der Waals surface area contributed by atoms with Crippen molar-refractivity contribution < 1.29 is 19.1 Å². The Kier molecular flexibility index (Phi) is 4.95. The van der Waals surface area contributed by atoms with Gasteiger partial charge in [0.15, 0.2) is 5.78 Å². The lowest BCUT2D eigenvalue weighted by molar-refractivity contribution is -0.138. The molecule has 1 atom stereocenters. The summed E-state index contributed by atoms with van der Waals surface area (Å²) in [6.07, 6.45) is 0.755. The van der Waals surface area contributed by atoms with E-state index in [4.69, 9.17) is 10.5 Å². The molecule has 0 bridgehead atoms. The van der Waals surface area contributed by atoms with E-state index in [0.29, 0.717) is 28.9 Å². The normalized spacial score (nSPS) is 22.8. The van der Waals surface area contributed by atoms with Crippen molar-refractivity contribution in [1.29, 1.82) is 0 Å². The van der Waals surface area contributed by atoms with Crippen LogP contribution in [0.3, 0.4) is 0 Å². The fourth-order valence-corrected chi connectivity index (χ4v) is 5.97. The number of nitrogens with zero attached hydrogens (tertiary/aromatic N) is 1. The highest BCUT2D eigenvalue weighted by atomic mass is 16.5. The molecule has 180 valence electrons. The van der Waals surface area contributed by atoms with Crippen LogP contribution in [0.4, 0.5) is 11.4 Å². The Labute approximate surface area is 204 Å². The van der Waals surface area contributed by atoms with Crippen molar-refractivity contribution in [1.82, 2.24) is 0 Å². The molecule has 3 aliphatic rings. The number of aryl methyl sites for hydroxylation is 2. The number of ether oxygens (including phenoxy) is 1. The number of carbonyl (C=O) groups is 3. The van der Waals surface area contributed by atoms with E-state index in [1.165, 1.54) is 7.11 Å². The Hall–Kier alpha value is -3.87. The summed E-state index contributed by atoms with van der Waals surface area (Å²) in [5.41, 5.74) is 9.56. The van der Waals surface area contributed by atoms with Crippen molar-refractivity contribution in [2.45, 2.75) is 46.0 Å². The van der Waals surface area contributed by atoms with Gasteiger partial charge >= 0.3 is 5.97 Å². The van der Waals surface area contributed by atoms with Crippen molar-refractivity contribution in [3.8, 4) is 0 Å². The van der Waals surface area contributed by atoms with Crippen LogP contribution < -0.4 is 16.0 Å². The number of methoxy groups -OCH3 is 1. The zero-order valence-electron chi connectivity index (χ0n) is 20.6. The van der Waals surface area contributed by atoms with Crippen molar-refractivity contribution in [2.75, 3.05) is 17.3 Å². The average Bonchev–Trinajstić information content (AvgIpc) is 3.04. The minimum absolute atomic E-state index is 0.0339. The fraction of sp³-hybridized carbons (Fsp3) is 0.321. The molecule has 1 aliphatic carbocycles. The van der Waals surface area contributed by atoms with Crippen LogP contribution in [0.15, 0.2) is 65.1 Å². The highest BCUT2D eigenvalue weighted by Gasteiger charge is 2.62. The molecule has 3 N–H and O–H groups in total. The first-order valence-corrected chi connectivity index (χ1v) is 11.7. The summed E-state index contributed by atoms with van der Waals surface area (Å²) >= 11 is 0. The van der Waals surface area contributed by atoms with Crippen LogP contribution in [-0.4, -0.2) is 24.8 Å². The predicted molar refractivity (Wildman–Crippen MR) is 133 cm³/mol. The van der Waals surface area contributed by atoms with Crippen molar-refractivity contribution in [2.24, 2.45) is 11.1 Å². The smallest absolute Gasteiger partial charge is 0.339 e. The maximum atomic E-state index is 14.0. The Morgan fingerprint density at radius 2 is 1.71 bits per heavy atom. The van der Waals surface area contributed by atoms with Gasteiger partial charge in [-0.1, -0.05) is 38.1 Å². The number of para-hydroxylation sites is 1. The van der Waals surface area contributed by atoms with Crippen LogP contribution in [0, 0.1) is 19.3 Å². The molecule has 5 rings (SSSR count). The molecular formula is C28H29N3O4. The minimum Gasteiger partial charge on any atom is -0.466 e. The number of nitrogens with two attached hydrogens (primary N) is 1. The number of Topliss-reactive ketones (excluding diaryl/α,β-unsaturated/α-hetero) is 1. The minimum atomic E-state index is -1.67. The van der Waals surface area contributed by atoms with Crippen LogP contribution >= 0.6 is 0 Å². The molecule has 0 saturated carbocycles. The highest BCUT2D eigenvalue weighted by Crippen LogP contribution is 2.57. The van der Waals surface area contributed by atoms with Crippen molar-refractivity contribution in [3.63, 3.8) is 0 Å². The third kappa shape index (κ3) is 3.14. The second-order valence-electron chi connectivity index (χ2n) is 10.4. The molecule has 2 aliphatic heterocycles. The standard InChI is InChI=1S/C28H29N3O4/c1-15-10-16(2)12-17(11-15)31-20-13-27(3,4)14-21(32)22(20)28(23(24(31)29)25(33)35-5)18-8-6-7-9-19(18)30-26(28)34/h6-12H,13-14,29H2,1-5H3,(H,30,34). The monoisotopic (exact) mass is 471 g/mol. The van der Waals surface area contributed by atoms with Gasteiger partial charge in [-0.2, -0.15) is 0 Å². The number of anilines is 2. The van der Waals surface area contributed by atoms with E-state index in [2.05, 4.69) is 5.32 Å². The van der Waals surface area contributed by atoms with Gasteiger partial charge in [0.2, 0.25) is 5.91 Å². The maximum absolute atomic E-state index is 14.0. The van der Waals surface area contributed by atoms with E-state index >= 15 is 0 Å². The Balaban J connectivity index is 1.94. The molecular weight excluding hydrogens is 442 g/mol. The number of ketones is 1. The van der Waals surface area contributed by atoms with Crippen LogP contribution in [0.1, 0.15) is 43.4 Å². The zero-order chi connectivity index (χ0) is 25.3. The van der Waals surface area contributed by atoms with Crippen LogP contribution in [0.25, 0.3) is 0 Å². The Bertz CT molecular complexity index is 1360. The van der Waals surface area contributed by atoms with Crippen LogP contribution in [0.5, 0.6) is 0 Å². The second-order valence-corrected chi connectivity index (χ2v) is 10.4. The molecule has 0 fully saturated rings. The fourth-order valence-electron chi connectivity index (χ4n) is 5.97. The molecule has 1 spiro atoms. The quantitative estimate of drug-likeness (QED) is 0.642. The van der Waals surface area contributed by atoms with Gasteiger partial charge in [-0.15, -0.1) is 0 Å². The topological polar surface area (TPSA) is 102 Å². The molecule has 2 heterocycles. The number of esters is 1. The first-order valence-electron chi connectivity index (χ1n) is 11.7. The number of fused-ring (bicyclic) bond motifs is 3. The molecule has 0 aromatic heterocycles. The molecule has 0 saturated heterocycles. The summed E-state index contributed by atoms with van der Waals surface area (Å²) in [4.78, 5) is 43.0. The number of amides is 1. The lowest BCUT2D eigenvalue weighted by atomic mass is 9.60. The van der Waals surface area contributed by atoms with Gasteiger partial charge in [0.25, 0.3) is 0 Å². The average molecular weight is 472 g/mol. The molecule has 7 heteroatoms. The molecule has 2 aromatic rings. The molecule has 0 radical (unpaired) electrons. The summed E-state index contributed by atoms with van der Waals surface area (Å²) < 4.78 is 5.18. The number of carbonyl (C=O) groups excluding carboxylic acids is 3. The third-order valence-electron chi connectivity index (χ3n) is 7.14. The first kappa shape index (κ1) is 22.9. The zero-order valence-corrected chi connectivity index (χ0v) is 20.6. The van der Waals surface area contributed by atoms with E-state index in [0.717, 1.165) is 16.8 Å². The summed E-state index contributed by atoms with van der Waals surface area (Å²) in [6.45, 7) is 8.02. The number of rotatable bonds is 2. The van der Waals surface area contributed by atoms with Gasteiger partial charge < -0.3 is 15.8 Å². The molecule has 1 unspecified atom stereocenters. The van der Waals surface area contributed by atoms with E-state index in [-0.39, 0.29) is 29.0 Å². The number of benzene rings is 2. The highest BCUT2D eigenvalue weighted by molar-refractivity contribution is 6.23. The lowest BCUT2D eigenvalue weighted by Gasteiger charge is -2.47. The Morgan fingerprint density at radius 1 is 1.06 bits per heavy atom. The summed E-state index contributed by atoms with van der Waals surface area (Å²) in [7, 11) is 1.26. The van der Waals surface area contributed by atoms with Gasteiger partial charge in [-0.3, -0.25) is 14.5 Å². The van der Waals surface area contributed by atoms with Gasteiger partial charge in [0.1, 0.15) is 16.8 Å². The number of nitrogens with one attached hydrogen (secondary N) is 1. The lowest BCUT2D eigenvalue weighted by Crippen LogP contribution is -2.54. The van der Waals surface area contributed by atoms with Gasteiger partial charge in [-0.25, -0.2) is 4.79 Å². The third-order valence-corrected chi connectivity index (χ3v) is 7.14.